The molecule has 0 unspecified atom stereocenters. The first kappa shape index (κ1) is 24.6. The Hall–Kier alpha value is -3.47. The Kier molecular flexibility index (Phi) is 6.54. The summed E-state index contributed by atoms with van der Waals surface area (Å²) in [5, 5.41) is 2.91. The van der Waals surface area contributed by atoms with Crippen molar-refractivity contribution in [3.05, 3.63) is 81.2 Å². The molecule has 0 bridgehead atoms. The summed E-state index contributed by atoms with van der Waals surface area (Å²) in [7, 11) is -3.96. The molecule has 2 aromatic carbocycles. The second kappa shape index (κ2) is 9.29. The van der Waals surface area contributed by atoms with E-state index in [0.29, 0.717) is 22.1 Å². The Balaban J connectivity index is 1.53. The number of carbonyl (C=O) groups excluding carboxylic acids is 2. The maximum atomic E-state index is 12.9. The van der Waals surface area contributed by atoms with Gasteiger partial charge < -0.3 is 5.32 Å². The number of nitrogens with zero attached hydrogens (tertiary/aromatic N) is 3. The van der Waals surface area contributed by atoms with Crippen LogP contribution >= 0.6 is 23.2 Å². The van der Waals surface area contributed by atoms with Gasteiger partial charge in [-0.15, -0.1) is 0 Å². The van der Waals surface area contributed by atoms with Crippen LogP contribution in [0.2, 0.25) is 5.02 Å². The number of hydrogen-bond acceptors (Lipinski definition) is 7. The molecule has 2 amide bonds. The Morgan fingerprint density at radius 2 is 1.49 bits per heavy atom. The van der Waals surface area contributed by atoms with E-state index in [-0.39, 0.29) is 27.3 Å². The van der Waals surface area contributed by atoms with E-state index in [4.69, 9.17) is 23.2 Å². The summed E-state index contributed by atoms with van der Waals surface area (Å²) in [6.45, 7) is 5.26. The first-order chi connectivity index (χ1) is 16.5. The number of nitrogens with one attached hydrogen (secondary N) is 2. The van der Waals surface area contributed by atoms with E-state index in [0.717, 1.165) is 10.5 Å². The number of carbonyl (C=O) groups is 2. The quantitative estimate of drug-likeness (QED) is 0.455. The third-order valence-electron chi connectivity index (χ3n) is 5.08. The Bertz CT molecular complexity index is 1480. The minimum atomic E-state index is -3.96. The molecule has 180 valence electrons. The Morgan fingerprint density at radius 1 is 0.857 bits per heavy atom. The zero-order chi connectivity index (χ0) is 25.5. The smallest absolute Gasteiger partial charge is 0.283 e. The first-order valence-electron chi connectivity index (χ1n) is 10.2. The molecule has 0 aliphatic carbocycles. The number of halogens is 2. The summed E-state index contributed by atoms with van der Waals surface area (Å²) in [4.78, 5) is 34.6. The van der Waals surface area contributed by atoms with E-state index >= 15 is 0 Å². The highest BCUT2D eigenvalue weighted by atomic mass is 35.5. The van der Waals surface area contributed by atoms with Gasteiger partial charge in [-0.3, -0.25) is 9.59 Å². The zero-order valence-corrected chi connectivity index (χ0v) is 21.1. The number of benzene rings is 2. The molecule has 0 radical (unpaired) electrons. The van der Waals surface area contributed by atoms with Crippen molar-refractivity contribution in [2.45, 2.75) is 25.7 Å². The third kappa shape index (κ3) is 5.00. The van der Waals surface area contributed by atoms with Crippen molar-refractivity contribution in [1.82, 2.24) is 9.97 Å². The third-order valence-corrected chi connectivity index (χ3v) is 7.18. The lowest BCUT2D eigenvalue weighted by molar-refractivity contribution is -0.120. The molecule has 0 saturated carbocycles. The van der Waals surface area contributed by atoms with Gasteiger partial charge in [-0.2, -0.15) is 0 Å². The lowest BCUT2D eigenvalue weighted by Crippen LogP contribution is -2.32. The van der Waals surface area contributed by atoms with Crippen molar-refractivity contribution in [2.24, 2.45) is 0 Å². The molecule has 3 aromatic rings. The van der Waals surface area contributed by atoms with Gasteiger partial charge in [0.1, 0.15) is 10.7 Å². The highest BCUT2D eigenvalue weighted by Crippen LogP contribution is 2.32. The second-order valence-corrected chi connectivity index (χ2v) is 10.3. The number of hydrogen-bond donors (Lipinski definition) is 2. The molecule has 0 fully saturated rings. The maximum absolute atomic E-state index is 12.9. The number of rotatable bonds is 6. The summed E-state index contributed by atoms with van der Waals surface area (Å²) in [5.74, 6) is -1.39. The lowest BCUT2D eigenvalue weighted by atomic mass is 10.2. The average Bonchev–Trinajstić information content (AvgIpc) is 2.98. The van der Waals surface area contributed by atoms with Crippen LogP contribution < -0.4 is 14.9 Å². The molecular formula is C23H19Cl2N5O4S. The van der Waals surface area contributed by atoms with Gasteiger partial charge >= 0.3 is 0 Å². The molecular weight excluding hydrogens is 513 g/mol. The van der Waals surface area contributed by atoms with Crippen LogP contribution in [0.15, 0.2) is 64.2 Å². The highest BCUT2D eigenvalue weighted by Gasteiger charge is 2.39. The molecule has 1 aliphatic rings. The van der Waals surface area contributed by atoms with E-state index in [9.17, 15) is 18.0 Å². The number of imide groups is 1. The SMILES string of the molecule is Cc1cc(C)nc(NS(=O)(=O)c2ccc(NC3=C(Cl)C(=O)N(c4ccc(C)c(Cl)c4)C3=O)cc2)n1. The standard InChI is InChI=1S/C23H19Cl2N5O4S/c1-12-4-7-16(11-18(12)24)30-21(31)19(25)20(22(30)32)28-15-5-8-17(9-6-15)35(33,34)29-23-26-13(2)10-14(3)27-23/h4-11,28H,1-3H3,(H,26,27,29). The fourth-order valence-corrected chi connectivity index (χ4v) is 4.71. The van der Waals surface area contributed by atoms with Gasteiger partial charge in [0.2, 0.25) is 5.95 Å². The van der Waals surface area contributed by atoms with Crippen LogP contribution in [0.5, 0.6) is 0 Å². The average molecular weight is 532 g/mol. The topological polar surface area (TPSA) is 121 Å². The maximum Gasteiger partial charge on any atom is 0.283 e. The second-order valence-electron chi connectivity index (χ2n) is 7.80. The predicted molar refractivity (Wildman–Crippen MR) is 134 cm³/mol. The molecule has 0 saturated heterocycles. The van der Waals surface area contributed by atoms with Gasteiger partial charge in [-0.1, -0.05) is 29.3 Å². The van der Waals surface area contributed by atoms with E-state index in [2.05, 4.69) is 20.0 Å². The van der Waals surface area contributed by atoms with Crippen molar-refractivity contribution < 1.29 is 18.0 Å². The van der Waals surface area contributed by atoms with Crippen molar-refractivity contribution in [3.8, 4) is 0 Å². The zero-order valence-electron chi connectivity index (χ0n) is 18.8. The van der Waals surface area contributed by atoms with E-state index in [1.165, 1.54) is 30.3 Å². The van der Waals surface area contributed by atoms with Gasteiger partial charge in [0.25, 0.3) is 21.8 Å². The summed E-state index contributed by atoms with van der Waals surface area (Å²) < 4.78 is 27.8. The van der Waals surface area contributed by atoms with E-state index in [1.54, 1.807) is 39.0 Å². The minimum absolute atomic E-state index is 0.0343. The number of sulfonamides is 1. The molecule has 4 rings (SSSR count). The van der Waals surface area contributed by atoms with Gasteiger partial charge in [-0.05, 0) is 68.8 Å². The summed E-state index contributed by atoms with van der Waals surface area (Å²) in [5.41, 5.74) is 2.54. The predicted octanol–water partition coefficient (Wildman–Crippen LogP) is 4.29. The number of amides is 2. The van der Waals surface area contributed by atoms with Gasteiger partial charge in [0, 0.05) is 22.1 Å². The molecule has 1 aliphatic heterocycles. The van der Waals surface area contributed by atoms with Crippen LogP contribution in [-0.2, 0) is 19.6 Å². The molecule has 2 heterocycles. The van der Waals surface area contributed by atoms with E-state index in [1.807, 2.05) is 0 Å². The van der Waals surface area contributed by atoms with Crippen LogP contribution in [0.25, 0.3) is 0 Å². The van der Waals surface area contributed by atoms with Crippen molar-refractivity contribution >= 4 is 62.4 Å². The van der Waals surface area contributed by atoms with Crippen LogP contribution in [0.3, 0.4) is 0 Å². The van der Waals surface area contributed by atoms with Crippen LogP contribution in [0.4, 0.5) is 17.3 Å². The number of anilines is 3. The van der Waals surface area contributed by atoms with Crippen LogP contribution in [0.1, 0.15) is 17.0 Å². The first-order valence-corrected chi connectivity index (χ1v) is 12.5. The highest BCUT2D eigenvalue weighted by molar-refractivity contribution is 7.92. The Morgan fingerprint density at radius 3 is 2.09 bits per heavy atom. The molecule has 2 N–H and O–H groups in total. The monoisotopic (exact) mass is 531 g/mol. The molecule has 0 atom stereocenters. The summed E-state index contributed by atoms with van der Waals surface area (Å²) >= 11 is 12.3. The van der Waals surface area contributed by atoms with Crippen molar-refractivity contribution in [2.75, 3.05) is 14.9 Å². The lowest BCUT2D eigenvalue weighted by Gasteiger charge is -2.16. The summed E-state index contributed by atoms with van der Waals surface area (Å²) in [6.07, 6.45) is 0. The Labute approximate surface area is 211 Å². The van der Waals surface area contributed by atoms with Crippen LogP contribution in [-0.4, -0.2) is 30.2 Å². The molecule has 9 nitrogen and oxygen atoms in total. The molecule has 1 aromatic heterocycles. The normalized spacial score (nSPS) is 14.0. The van der Waals surface area contributed by atoms with Crippen molar-refractivity contribution in [1.29, 1.82) is 0 Å². The molecule has 12 heteroatoms. The van der Waals surface area contributed by atoms with Crippen molar-refractivity contribution in [3.63, 3.8) is 0 Å². The number of aromatic nitrogens is 2. The fraction of sp³-hybridized carbons (Fsp3) is 0.130. The van der Waals surface area contributed by atoms with Gasteiger partial charge in [0.15, 0.2) is 0 Å². The molecule has 35 heavy (non-hydrogen) atoms. The van der Waals surface area contributed by atoms with Gasteiger partial charge in [-0.25, -0.2) is 28.0 Å². The van der Waals surface area contributed by atoms with Crippen LogP contribution in [0, 0.1) is 20.8 Å². The van der Waals surface area contributed by atoms with E-state index < -0.39 is 21.8 Å². The largest absolute Gasteiger partial charge is 0.350 e. The summed E-state index contributed by atoms with van der Waals surface area (Å²) in [6, 6.07) is 12.1. The minimum Gasteiger partial charge on any atom is -0.350 e. The fourth-order valence-electron chi connectivity index (χ4n) is 3.38. The molecule has 0 spiro atoms. The van der Waals surface area contributed by atoms with Gasteiger partial charge in [0.05, 0.1) is 10.6 Å². The number of aryl methyl sites for hydroxylation is 3.